The van der Waals surface area contributed by atoms with Crippen LogP contribution < -0.4 is 10.1 Å². The van der Waals surface area contributed by atoms with Gasteiger partial charge in [-0.1, -0.05) is 30.3 Å². The van der Waals surface area contributed by atoms with Crippen LogP contribution in [0.25, 0.3) is 0 Å². The second-order valence-corrected chi connectivity index (χ2v) is 5.46. The zero-order valence-electron chi connectivity index (χ0n) is 13.4. The first-order valence-corrected chi connectivity index (χ1v) is 7.78. The highest BCUT2D eigenvalue weighted by molar-refractivity contribution is 5.91. The first-order valence-electron chi connectivity index (χ1n) is 7.78. The van der Waals surface area contributed by atoms with Crippen LogP contribution in [0.1, 0.15) is 23.7 Å². The molecular formula is C20H19NO3. The fourth-order valence-electron chi connectivity index (χ4n) is 2.63. The number of methoxy groups -OCH3 is 1. The number of hydrogen-bond donors (Lipinski definition) is 1. The Morgan fingerprint density at radius 3 is 2.42 bits per heavy atom. The van der Waals surface area contributed by atoms with Crippen LogP contribution in [-0.2, 0) is 4.79 Å². The van der Waals surface area contributed by atoms with Crippen LogP contribution in [0.15, 0.2) is 77.4 Å². The SMILES string of the molecule is COc1ccc(NC(=O)C[C@H](c2ccccc2)c2ccco2)cc1. The van der Waals surface area contributed by atoms with E-state index < -0.39 is 0 Å². The van der Waals surface area contributed by atoms with Gasteiger partial charge in [-0.15, -0.1) is 0 Å². The van der Waals surface area contributed by atoms with Gasteiger partial charge in [0.05, 0.1) is 19.3 Å². The predicted molar refractivity (Wildman–Crippen MR) is 93.2 cm³/mol. The number of benzene rings is 2. The van der Waals surface area contributed by atoms with Crippen molar-refractivity contribution in [1.82, 2.24) is 0 Å². The lowest BCUT2D eigenvalue weighted by molar-refractivity contribution is -0.116. The third-order valence-corrected chi connectivity index (χ3v) is 3.85. The lowest BCUT2D eigenvalue weighted by Crippen LogP contribution is -2.16. The van der Waals surface area contributed by atoms with Crippen LogP contribution in [0.3, 0.4) is 0 Å². The zero-order valence-corrected chi connectivity index (χ0v) is 13.4. The molecule has 1 heterocycles. The molecule has 0 saturated carbocycles. The minimum atomic E-state index is -0.112. The number of carbonyl (C=O) groups excluding carboxylic acids is 1. The van der Waals surface area contributed by atoms with Crippen molar-refractivity contribution in [1.29, 1.82) is 0 Å². The monoisotopic (exact) mass is 321 g/mol. The van der Waals surface area contributed by atoms with E-state index in [9.17, 15) is 4.79 Å². The Labute approximate surface area is 141 Å². The van der Waals surface area contributed by atoms with Crippen LogP contribution in [0.2, 0.25) is 0 Å². The van der Waals surface area contributed by atoms with E-state index in [-0.39, 0.29) is 11.8 Å². The molecule has 0 radical (unpaired) electrons. The van der Waals surface area contributed by atoms with Crippen LogP contribution in [0.4, 0.5) is 5.69 Å². The molecule has 0 aliphatic heterocycles. The maximum absolute atomic E-state index is 12.5. The summed E-state index contributed by atoms with van der Waals surface area (Å²) in [7, 11) is 1.61. The molecular weight excluding hydrogens is 302 g/mol. The fraction of sp³-hybridized carbons (Fsp3) is 0.150. The molecule has 0 saturated heterocycles. The second-order valence-electron chi connectivity index (χ2n) is 5.46. The molecule has 1 N–H and O–H groups in total. The van der Waals surface area contributed by atoms with Crippen molar-refractivity contribution in [3.8, 4) is 5.75 Å². The van der Waals surface area contributed by atoms with Gasteiger partial charge in [-0.05, 0) is 42.0 Å². The van der Waals surface area contributed by atoms with Crippen molar-refractivity contribution < 1.29 is 13.9 Å². The Balaban J connectivity index is 1.73. The molecule has 3 aromatic rings. The summed E-state index contributed by atoms with van der Waals surface area (Å²) in [6.45, 7) is 0. The average molecular weight is 321 g/mol. The number of hydrogen-bond acceptors (Lipinski definition) is 3. The van der Waals surface area contributed by atoms with Crippen molar-refractivity contribution in [2.24, 2.45) is 0 Å². The smallest absolute Gasteiger partial charge is 0.225 e. The zero-order chi connectivity index (χ0) is 16.8. The van der Waals surface area contributed by atoms with E-state index in [4.69, 9.17) is 9.15 Å². The highest BCUT2D eigenvalue weighted by Gasteiger charge is 2.20. The average Bonchev–Trinajstić information content (AvgIpc) is 3.15. The third kappa shape index (κ3) is 3.84. The Morgan fingerprint density at radius 2 is 1.79 bits per heavy atom. The molecule has 122 valence electrons. The topological polar surface area (TPSA) is 51.5 Å². The minimum Gasteiger partial charge on any atom is -0.497 e. The molecule has 1 aromatic heterocycles. The highest BCUT2D eigenvalue weighted by Crippen LogP contribution is 2.28. The Morgan fingerprint density at radius 1 is 1.04 bits per heavy atom. The van der Waals surface area contributed by atoms with E-state index in [1.54, 1.807) is 13.4 Å². The van der Waals surface area contributed by atoms with E-state index in [1.807, 2.05) is 66.7 Å². The summed E-state index contributed by atoms with van der Waals surface area (Å²) in [5.41, 5.74) is 1.80. The Kier molecular flexibility index (Phi) is 4.96. The van der Waals surface area contributed by atoms with E-state index in [1.165, 1.54) is 0 Å². The van der Waals surface area contributed by atoms with Gasteiger partial charge in [0.25, 0.3) is 0 Å². The Hall–Kier alpha value is -3.01. The molecule has 0 aliphatic rings. The standard InChI is InChI=1S/C20H19NO3/c1-23-17-11-9-16(10-12-17)21-20(22)14-18(19-8-5-13-24-19)15-6-3-2-4-7-15/h2-13,18H,14H2,1H3,(H,21,22)/t18-/m1/s1. The number of nitrogens with one attached hydrogen (secondary N) is 1. The molecule has 2 aromatic carbocycles. The van der Waals surface area contributed by atoms with E-state index in [0.29, 0.717) is 6.42 Å². The number of carbonyl (C=O) groups is 1. The van der Waals surface area contributed by atoms with Gasteiger partial charge < -0.3 is 14.5 Å². The maximum Gasteiger partial charge on any atom is 0.225 e. The normalized spacial score (nSPS) is 11.7. The molecule has 0 bridgehead atoms. The number of amides is 1. The molecule has 0 unspecified atom stereocenters. The molecule has 4 nitrogen and oxygen atoms in total. The lowest BCUT2D eigenvalue weighted by Gasteiger charge is -2.15. The molecule has 1 amide bonds. The molecule has 3 rings (SSSR count). The molecule has 0 aliphatic carbocycles. The summed E-state index contributed by atoms with van der Waals surface area (Å²) in [5, 5.41) is 2.92. The van der Waals surface area contributed by atoms with Crippen molar-refractivity contribution in [2.75, 3.05) is 12.4 Å². The fourth-order valence-corrected chi connectivity index (χ4v) is 2.63. The van der Waals surface area contributed by atoms with E-state index >= 15 is 0 Å². The van der Waals surface area contributed by atoms with E-state index in [2.05, 4.69) is 5.32 Å². The highest BCUT2D eigenvalue weighted by atomic mass is 16.5. The van der Waals surface area contributed by atoms with Crippen molar-refractivity contribution in [3.05, 3.63) is 84.3 Å². The summed E-state index contributed by atoms with van der Waals surface area (Å²) < 4.78 is 10.7. The van der Waals surface area contributed by atoms with Crippen molar-refractivity contribution in [3.63, 3.8) is 0 Å². The van der Waals surface area contributed by atoms with Gasteiger partial charge in [0.1, 0.15) is 11.5 Å². The predicted octanol–water partition coefficient (Wildman–Crippen LogP) is 4.45. The summed E-state index contributed by atoms with van der Waals surface area (Å²) in [6, 6.07) is 20.9. The van der Waals surface area contributed by atoms with Crippen molar-refractivity contribution in [2.45, 2.75) is 12.3 Å². The van der Waals surface area contributed by atoms with Gasteiger partial charge in [0.15, 0.2) is 0 Å². The maximum atomic E-state index is 12.5. The van der Waals surface area contributed by atoms with Gasteiger partial charge in [-0.3, -0.25) is 4.79 Å². The number of ether oxygens (including phenoxy) is 1. The quantitative estimate of drug-likeness (QED) is 0.730. The van der Waals surface area contributed by atoms with Crippen LogP contribution in [0.5, 0.6) is 5.75 Å². The van der Waals surface area contributed by atoms with Crippen LogP contribution >= 0.6 is 0 Å². The molecule has 0 spiro atoms. The first kappa shape index (κ1) is 15.9. The minimum absolute atomic E-state index is 0.0644. The van der Waals surface area contributed by atoms with Crippen molar-refractivity contribution >= 4 is 11.6 Å². The molecule has 1 atom stereocenters. The van der Waals surface area contributed by atoms with Gasteiger partial charge in [-0.25, -0.2) is 0 Å². The summed E-state index contributed by atoms with van der Waals surface area (Å²) >= 11 is 0. The molecule has 4 heteroatoms. The van der Waals surface area contributed by atoms with Crippen LogP contribution in [-0.4, -0.2) is 13.0 Å². The third-order valence-electron chi connectivity index (χ3n) is 3.85. The number of anilines is 1. The summed E-state index contributed by atoms with van der Waals surface area (Å²) in [5.74, 6) is 1.36. The van der Waals surface area contributed by atoms with Gasteiger partial charge in [-0.2, -0.15) is 0 Å². The largest absolute Gasteiger partial charge is 0.497 e. The Bertz CT molecular complexity index is 764. The summed E-state index contributed by atoms with van der Waals surface area (Å²) in [6.07, 6.45) is 1.94. The number of rotatable bonds is 6. The second kappa shape index (κ2) is 7.51. The molecule has 24 heavy (non-hydrogen) atoms. The van der Waals surface area contributed by atoms with Gasteiger partial charge >= 0.3 is 0 Å². The van der Waals surface area contributed by atoms with Gasteiger partial charge in [0.2, 0.25) is 5.91 Å². The summed E-state index contributed by atoms with van der Waals surface area (Å²) in [4.78, 5) is 12.5. The lowest BCUT2D eigenvalue weighted by atomic mass is 9.93. The first-order chi connectivity index (χ1) is 11.8. The number of furan rings is 1. The molecule has 0 fully saturated rings. The van der Waals surface area contributed by atoms with Crippen LogP contribution in [0, 0.1) is 0 Å². The van der Waals surface area contributed by atoms with Gasteiger partial charge in [0, 0.05) is 12.1 Å². The van der Waals surface area contributed by atoms with E-state index in [0.717, 1.165) is 22.8 Å².